The van der Waals surface area contributed by atoms with E-state index in [1.54, 1.807) is 30.5 Å². The van der Waals surface area contributed by atoms with Crippen molar-refractivity contribution < 1.29 is 19.2 Å². The summed E-state index contributed by atoms with van der Waals surface area (Å²) in [6.45, 7) is 10.7. The van der Waals surface area contributed by atoms with E-state index in [9.17, 15) is 9.59 Å². The van der Waals surface area contributed by atoms with E-state index in [-0.39, 0.29) is 34.8 Å². The van der Waals surface area contributed by atoms with Crippen molar-refractivity contribution in [1.82, 2.24) is 10.3 Å². The molecule has 0 bridgehead atoms. The molecule has 3 rings (SSSR count). The average molecular weight is 596 g/mol. The molecule has 1 saturated carbocycles. The Kier molecular flexibility index (Phi) is 11.3. The number of nitriles is 1. The van der Waals surface area contributed by atoms with Crippen LogP contribution in [-0.2, 0) is 16.1 Å². The number of nitrogens with zero attached hydrogens (tertiary/aromatic N) is 3. The molecule has 0 radical (unpaired) electrons. The van der Waals surface area contributed by atoms with Crippen LogP contribution in [0.15, 0.2) is 41.7 Å². The monoisotopic (exact) mass is 595 g/mol. The molecular weight excluding hydrogens is 554 g/mol. The number of halogens is 1. The minimum Gasteiger partial charge on any atom is -0.489 e. The summed E-state index contributed by atoms with van der Waals surface area (Å²) in [5.74, 6) is 0.0768. The number of ether oxygens (including phenoxy) is 1. The van der Waals surface area contributed by atoms with Crippen molar-refractivity contribution in [3.63, 3.8) is 0 Å². The molecule has 0 unspecified atom stereocenters. The second kappa shape index (κ2) is 14.5. The summed E-state index contributed by atoms with van der Waals surface area (Å²) in [5.41, 5.74) is 7.27. The Morgan fingerprint density at radius 2 is 1.79 bits per heavy atom. The van der Waals surface area contributed by atoms with Crippen LogP contribution in [0.3, 0.4) is 0 Å². The zero-order chi connectivity index (χ0) is 30.9. The highest BCUT2D eigenvalue weighted by atomic mass is 35.5. The second-order valence-corrected chi connectivity index (χ2v) is 12.4. The van der Waals surface area contributed by atoms with Crippen LogP contribution in [0.4, 0.5) is 0 Å². The third kappa shape index (κ3) is 8.22. The summed E-state index contributed by atoms with van der Waals surface area (Å²) < 4.78 is 6.31. The van der Waals surface area contributed by atoms with Gasteiger partial charge in [0.1, 0.15) is 30.2 Å². The summed E-state index contributed by atoms with van der Waals surface area (Å²) >= 11 is 6.20. The first-order valence-electron chi connectivity index (χ1n) is 14.5. The normalized spacial score (nSPS) is 18.8. The molecule has 0 saturated heterocycles. The molecule has 2 amide bonds. The molecule has 1 aromatic carbocycles. The van der Waals surface area contributed by atoms with E-state index in [1.807, 2.05) is 13.0 Å². The van der Waals surface area contributed by atoms with Crippen molar-refractivity contribution in [3.8, 4) is 11.8 Å². The van der Waals surface area contributed by atoms with Gasteiger partial charge < -0.3 is 20.6 Å². The molecule has 0 spiro atoms. The minimum absolute atomic E-state index is 0.149. The molecule has 2 aromatic rings. The van der Waals surface area contributed by atoms with Gasteiger partial charge in [-0.25, -0.2) is 0 Å². The van der Waals surface area contributed by atoms with Gasteiger partial charge in [0, 0.05) is 35.6 Å². The van der Waals surface area contributed by atoms with Gasteiger partial charge >= 0.3 is 0 Å². The second-order valence-electron chi connectivity index (χ2n) is 12.0. The molecule has 1 aliphatic rings. The van der Waals surface area contributed by atoms with Crippen LogP contribution in [-0.4, -0.2) is 41.3 Å². The molecule has 9 nitrogen and oxygen atoms in total. The van der Waals surface area contributed by atoms with Crippen molar-refractivity contribution in [2.45, 2.75) is 91.7 Å². The first-order chi connectivity index (χ1) is 19.9. The summed E-state index contributed by atoms with van der Waals surface area (Å²) in [6, 6.07) is 10.6. The Hall–Kier alpha value is -3.64. The summed E-state index contributed by atoms with van der Waals surface area (Å²) in [4.78, 5) is 33.8. The maximum atomic E-state index is 13.2. The number of nitrogens with one attached hydrogen (secondary N) is 1. The number of carbonyl (C=O) groups excluding carboxylic acids is 2. The number of aryl methyl sites for hydroxylation is 1. The third-order valence-corrected chi connectivity index (χ3v) is 8.19. The molecular formula is C32H42ClN5O4. The summed E-state index contributed by atoms with van der Waals surface area (Å²) in [7, 11) is 0. The predicted molar refractivity (Wildman–Crippen MR) is 163 cm³/mol. The van der Waals surface area contributed by atoms with Crippen LogP contribution in [0, 0.1) is 22.2 Å². The number of oxime groups is 1. The Labute approximate surface area is 253 Å². The van der Waals surface area contributed by atoms with E-state index in [0.717, 1.165) is 49.8 Å². The van der Waals surface area contributed by atoms with Gasteiger partial charge in [0.2, 0.25) is 5.91 Å². The topological polar surface area (TPSA) is 140 Å². The highest BCUT2D eigenvalue weighted by Gasteiger charge is 2.64. The SMILES string of the molecule is CCO/N=C(\CCCCC(N)=O)CCCc1ccc(C(=O)N[C@H]2C(C)(C)[C@H](Oc3ccc(C#N)c(Cl)c3)C2(C)C)nc1. The highest BCUT2D eigenvalue weighted by molar-refractivity contribution is 6.31. The number of unbranched alkanes of at least 4 members (excludes halogenated alkanes) is 1. The van der Waals surface area contributed by atoms with E-state index < -0.39 is 0 Å². The molecule has 42 heavy (non-hydrogen) atoms. The van der Waals surface area contributed by atoms with Crippen LogP contribution in [0.25, 0.3) is 0 Å². The Morgan fingerprint density at radius 3 is 2.38 bits per heavy atom. The van der Waals surface area contributed by atoms with Gasteiger partial charge in [-0.3, -0.25) is 14.6 Å². The lowest BCUT2D eigenvalue weighted by Crippen LogP contribution is -2.74. The average Bonchev–Trinajstić information content (AvgIpc) is 2.95. The van der Waals surface area contributed by atoms with Crippen LogP contribution in [0.2, 0.25) is 5.02 Å². The number of nitrogens with two attached hydrogens (primary N) is 1. The number of rotatable bonds is 15. The van der Waals surface area contributed by atoms with E-state index in [2.05, 4.69) is 49.2 Å². The van der Waals surface area contributed by atoms with Gasteiger partial charge in [-0.05, 0) is 69.2 Å². The lowest BCUT2D eigenvalue weighted by atomic mass is 9.49. The summed E-state index contributed by atoms with van der Waals surface area (Å²) in [5, 5.41) is 16.9. The van der Waals surface area contributed by atoms with Crippen molar-refractivity contribution in [1.29, 1.82) is 5.26 Å². The van der Waals surface area contributed by atoms with Crippen LogP contribution >= 0.6 is 11.6 Å². The lowest BCUT2D eigenvalue weighted by Gasteiger charge is -2.63. The van der Waals surface area contributed by atoms with Gasteiger partial charge in [0.05, 0.1) is 16.3 Å². The number of amides is 2. The number of carbonyl (C=O) groups is 2. The fourth-order valence-corrected chi connectivity index (χ4v) is 6.22. The standard InChI is InChI=1S/C32H42ClN5O4/c1-6-41-38-23(11-7-8-13-27(35)39)12-9-10-21-14-17-26(36-20-21)28(40)37-29-31(2,3)30(32(29,4)5)42-24-16-15-22(19-34)25(33)18-24/h14-18,20,29-30H,6-13H2,1-5H3,(H2,35,39)(H,37,40)/b38-23+/t29-,30-. The smallest absolute Gasteiger partial charge is 0.270 e. The molecule has 3 N–H and O–H groups in total. The number of hydrogen-bond acceptors (Lipinski definition) is 7. The quantitative estimate of drug-likeness (QED) is 0.147. The lowest BCUT2D eigenvalue weighted by molar-refractivity contribution is -0.164. The maximum Gasteiger partial charge on any atom is 0.270 e. The van der Waals surface area contributed by atoms with Crippen molar-refractivity contribution in [3.05, 3.63) is 58.4 Å². The zero-order valence-electron chi connectivity index (χ0n) is 25.2. The van der Waals surface area contributed by atoms with Gasteiger partial charge in [-0.1, -0.05) is 50.5 Å². The van der Waals surface area contributed by atoms with Crippen LogP contribution in [0.5, 0.6) is 5.75 Å². The third-order valence-electron chi connectivity index (χ3n) is 7.88. The Morgan fingerprint density at radius 1 is 1.10 bits per heavy atom. The number of pyridine rings is 1. The van der Waals surface area contributed by atoms with E-state index in [0.29, 0.717) is 35.1 Å². The zero-order valence-corrected chi connectivity index (χ0v) is 26.0. The van der Waals surface area contributed by atoms with Crippen molar-refractivity contribution >= 4 is 29.1 Å². The fourth-order valence-electron chi connectivity index (χ4n) is 6.00. The molecule has 10 heteroatoms. The molecule has 1 aliphatic carbocycles. The van der Waals surface area contributed by atoms with Crippen molar-refractivity contribution in [2.75, 3.05) is 6.61 Å². The summed E-state index contributed by atoms with van der Waals surface area (Å²) in [6.07, 6.45) is 6.73. The first kappa shape index (κ1) is 32.9. The fraction of sp³-hybridized carbons (Fsp3) is 0.531. The number of primary amides is 1. The van der Waals surface area contributed by atoms with Crippen LogP contribution < -0.4 is 15.8 Å². The van der Waals surface area contributed by atoms with Gasteiger partial charge in [0.15, 0.2) is 0 Å². The molecule has 1 aromatic heterocycles. The number of benzene rings is 1. The van der Waals surface area contributed by atoms with Crippen LogP contribution in [0.1, 0.15) is 94.8 Å². The first-order valence-corrected chi connectivity index (χ1v) is 14.9. The maximum absolute atomic E-state index is 13.2. The van der Waals surface area contributed by atoms with Crippen molar-refractivity contribution in [2.24, 2.45) is 21.7 Å². The van der Waals surface area contributed by atoms with E-state index in [1.165, 1.54) is 0 Å². The van der Waals surface area contributed by atoms with Gasteiger partial charge in [0.25, 0.3) is 5.91 Å². The number of aromatic nitrogens is 1. The van der Waals surface area contributed by atoms with Gasteiger partial charge in [-0.2, -0.15) is 5.26 Å². The Bertz CT molecular complexity index is 1300. The Balaban J connectivity index is 1.53. The molecule has 1 heterocycles. The molecule has 1 fully saturated rings. The van der Waals surface area contributed by atoms with Gasteiger partial charge in [-0.15, -0.1) is 0 Å². The molecule has 0 aliphatic heterocycles. The largest absolute Gasteiger partial charge is 0.489 e. The highest BCUT2D eigenvalue weighted by Crippen LogP contribution is 2.55. The molecule has 226 valence electrons. The minimum atomic E-state index is -0.361. The predicted octanol–water partition coefficient (Wildman–Crippen LogP) is 5.98. The van der Waals surface area contributed by atoms with E-state index in [4.69, 9.17) is 32.2 Å². The van der Waals surface area contributed by atoms with E-state index >= 15 is 0 Å². The number of hydrogen-bond donors (Lipinski definition) is 2. The molecule has 0 atom stereocenters.